The first-order valence-electron chi connectivity index (χ1n) is 9.62. The summed E-state index contributed by atoms with van der Waals surface area (Å²) in [6, 6.07) is 15.0. The largest absolute Gasteiger partial charge is 0.264 e. The van der Waals surface area contributed by atoms with Crippen LogP contribution in [0.1, 0.15) is 37.7 Å². The van der Waals surface area contributed by atoms with E-state index in [1.54, 1.807) is 0 Å². The van der Waals surface area contributed by atoms with Gasteiger partial charge in [-0.2, -0.15) is 0 Å². The van der Waals surface area contributed by atoms with Gasteiger partial charge < -0.3 is 0 Å². The van der Waals surface area contributed by atoms with E-state index in [0.29, 0.717) is 5.92 Å². The van der Waals surface area contributed by atoms with Crippen LogP contribution in [-0.4, -0.2) is 11.3 Å². The summed E-state index contributed by atoms with van der Waals surface area (Å²) < 4.78 is 1.95. The average molecular weight is 344 g/mol. The summed E-state index contributed by atoms with van der Waals surface area (Å²) in [5, 5.41) is 7.03. The van der Waals surface area contributed by atoms with Crippen molar-refractivity contribution in [2.75, 3.05) is 0 Å². The summed E-state index contributed by atoms with van der Waals surface area (Å²) in [7, 11) is 2.00. The number of nitrogens with zero attached hydrogens (tertiary/aromatic N) is 3. The van der Waals surface area contributed by atoms with Crippen LogP contribution < -0.4 is 4.68 Å². The van der Waals surface area contributed by atoms with Crippen LogP contribution in [-0.2, 0) is 7.05 Å². The van der Waals surface area contributed by atoms with Gasteiger partial charge in [0.15, 0.2) is 7.05 Å². The summed E-state index contributed by atoms with van der Waals surface area (Å²) >= 11 is 0. The molecule has 0 spiro atoms. The van der Waals surface area contributed by atoms with E-state index in [4.69, 9.17) is 4.99 Å². The molecule has 1 aliphatic rings. The fourth-order valence-corrected chi connectivity index (χ4v) is 4.08. The Morgan fingerprint density at radius 2 is 1.85 bits per heavy atom. The van der Waals surface area contributed by atoms with Crippen molar-refractivity contribution in [3.63, 3.8) is 0 Å². The zero-order chi connectivity index (χ0) is 17.9. The molecule has 1 saturated carbocycles. The number of benzene rings is 2. The van der Waals surface area contributed by atoms with Gasteiger partial charge in [0.05, 0.1) is 11.8 Å². The average Bonchev–Trinajstić information content (AvgIpc) is 2.68. The van der Waals surface area contributed by atoms with E-state index >= 15 is 0 Å². The van der Waals surface area contributed by atoms with Gasteiger partial charge in [-0.25, -0.2) is 0 Å². The van der Waals surface area contributed by atoms with Gasteiger partial charge in [-0.15, -0.1) is 0 Å². The number of rotatable bonds is 3. The molecule has 26 heavy (non-hydrogen) atoms. The molecule has 0 N–H and O–H groups in total. The van der Waals surface area contributed by atoms with Crippen LogP contribution in [0, 0.1) is 12.8 Å². The lowest BCUT2D eigenvalue weighted by Gasteiger charge is -2.17. The predicted octanol–water partition coefficient (Wildman–Crippen LogP) is 5.32. The minimum absolute atomic E-state index is 0.618. The van der Waals surface area contributed by atoms with Crippen LogP contribution in [0.15, 0.2) is 53.7 Å². The van der Waals surface area contributed by atoms with Crippen molar-refractivity contribution in [3.8, 4) is 11.3 Å². The molecule has 3 nitrogen and oxygen atoms in total. The van der Waals surface area contributed by atoms with E-state index in [9.17, 15) is 0 Å². The second-order valence-electron chi connectivity index (χ2n) is 7.32. The van der Waals surface area contributed by atoms with E-state index in [0.717, 1.165) is 11.4 Å². The summed E-state index contributed by atoms with van der Waals surface area (Å²) in [6.07, 6.45) is 10.6. The molecule has 132 valence electrons. The van der Waals surface area contributed by atoms with Gasteiger partial charge >= 0.3 is 0 Å². The monoisotopic (exact) mass is 344 g/mol. The van der Waals surface area contributed by atoms with Crippen LogP contribution in [0.4, 0.5) is 5.69 Å². The van der Waals surface area contributed by atoms with Crippen molar-refractivity contribution >= 4 is 22.7 Å². The van der Waals surface area contributed by atoms with E-state index in [2.05, 4.69) is 54.6 Å². The lowest BCUT2D eigenvalue weighted by molar-refractivity contribution is -0.719. The zero-order valence-electron chi connectivity index (χ0n) is 15.7. The maximum Gasteiger partial charge on any atom is 0.264 e. The predicted molar refractivity (Wildman–Crippen MR) is 108 cm³/mol. The molecule has 0 bridgehead atoms. The molecule has 0 saturated heterocycles. The minimum atomic E-state index is 0.618. The number of aliphatic imine (C=N–C) groups is 1. The molecule has 1 heterocycles. The van der Waals surface area contributed by atoms with Crippen molar-refractivity contribution in [2.24, 2.45) is 18.0 Å². The SMILES string of the molecule is Cc1c(-c2c(N=CC3CCCCC3)ccn[n+]2C)ccc2ccccc12. The zero-order valence-corrected chi connectivity index (χ0v) is 15.7. The molecule has 1 fully saturated rings. The molecular weight excluding hydrogens is 318 g/mol. The lowest BCUT2D eigenvalue weighted by atomic mass is 9.90. The molecule has 3 heteroatoms. The first kappa shape index (κ1) is 16.9. The molecule has 4 rings (SSSR count). The fourth-order valence-electron chi connectivity index (χ4n) is 4.08. The van der Waals surface area contributed by atoms with Gasteiger partial charge in [0.25, 0.3) is 5.69 Å². The van der Waals surface area contributed by atoms with E-state index < -0.39 is 0 Å². The first-order chi connectivity index (χ1) is 12.7. The first-order valence-corrected chi connectivity index (χ1v) is 9.62. The maximum absolute atomic E-state index is 4.90. The number of aromatic nitrogens is 2. The Morgan fingerprint density at radius 3 is 2.69 bits per heavy atom. The van der Waals surface area contributed by atoms with Gasteiger partial charge in [0.1, 0.15) is 5.69 Å². The third kappa shape index (κ3) is 3.26. The van der Waals surface area contributed by atoms with E-state index in [1.165, 1.54) is 54.0 Å². The number of hydrogen-bond donors (Lipinski definition) is 0. The van der Waals surface area contributed by atoms with Gasteiger partial charge in [-0.3, -0.25) is 4.99 Å². The van der Waals surface area contributed by atoms with Gasteiger partial charge in [-0.05, 0) is 59.3 Å². The minimum Gasteiger partial charge on any atom is -0.254 e. The van der Waals surface area contributed by atoms with Gasteiger partial charge in [-0.1, -0.05) is 54.3 Å². The third-order valence-electron chi connectivity index (χ3n) is 5.57. The van der Waals surface area contributed by atoms with Gasteiger partial charge in [0, 0.05) is 6.21 Å². The molecule has 0 amide bonds. The second kappa shape index (κ2) is 7.36. The molecule has 0 atom stereocenters. The molecule has 0 radical (unpaired) electrons. The van der Waals surface area contributed by atoms with Crippen LogP contribution >= 0.6 is 0 Å². The summed E-state index contributed by atoms with van der Waals surface area (Å²) in [4.78, 5) is 4.90. The summed E-state index contributed by atoms with van der Waals surface area (Å²) in [6.45, 7) is 2.19. The Morgan fingerprint density at radius 1 is 1.04 bits per heavy atom. The molecule has 0 unspecified atom stereocenters. The molecule has 1 aliphatic carbocycles. The smallest absolute Gasteiger partial charge is 0.254 e. The molecule has 0 aliphatic heterocycles. The van der Waals surface area contributed by atoms with Crippen molar-refractivity contribution in [2.45, 2.75) is 39.0 Å². The van der Waals surface area contributed by atoms with Crippen LogP contribution in [0.25, 0.3) is 22.0 Å². The lowest BCUT2D eigenvalue weighted by Crippen LogP contribution is -2.35. The van der Waals surface area contributed by atoms with Crippen LogP contribution in [0.5, 0.6) is 0 Å². The van der Waals surface area contributed by atoms with Crippen molar-refractivity contribution in [1.82, 2.24) is 5.10 Å². The topological polar surface area (TPSA) is 29.1 Å². The van der Waals surface area contributed by atoms with E-state index in [-0.39, 0.29) is 0 Å². The summed E-state index contributed by atoms with van der Waals surface area (Å²) in [5.74, 6) is 0.618. The fraction of sp³-hybridized carbons (Fsp3) is 0.348. The standard InChI is InChI=1S/C23H26N3/c1-17-20-11-7-6-10-19(20)12-13-21(17)23-22(14-15-25-26(23)2)24-16-18-8-4-3-5-9-18/h6-7,10-16,18H,3-5,8-9H2,1-2H3/q+1. The highest BCUT2D eigenvalue weighted by atomic mass is 15.2. The number of aryl methyl sites for hydroxylation is 2. The Balaban J connectivity index is 1.79. The second-order valence-corrected chi connectivity index (χ2v) is 7.32. The molecule has 3 aromatic rings. The van der Waals surface area contributed by atoms with Crippen molar-refractivity contribution in [1.29, 1.82) is 0 Å². The highest BCUT2D eigenvalue weighted by Crippen LogP contribution is 2.33. The van der Waals surface area contributed by atoms with E-state index in [1.807, 2.05) is 24.0 Å². The normalized spacial score (nSPS) is 15.8. The Hall–Kier alpha value is -2.55. The Bertz CT molecular complexity index is 953. The number of fused-ring (bicyclic) bond motifs is 1. The third-order valence-corrected chi connectivity index (χ3v) is 5.57. The molecular formula is C23H26N3+. The van der Waals surface area contributed by atoms with Crippen molar-refractivity contribution < 1.29 is 4.68 Å². The highest BCUT2D eigenvalue weighted by molar-refractivity contribution is 5.92. The maximum atomic E-state index is 4.90. The molecule has 2 aromatic carbocycles. The Kier molecular flexibility index (Phi) is 4.79. The molecule has 1 aromatic heterocycles. The van der Waals surface area contributed by atoms with Crippen molar-refractivity contribution in [3.05, 3.63) is 54.2 Å². The highest BCUT2D eigenvalue weighted by Gasteiger charge is 2.20. The number of hydrogen-bond acceptors (Lipinski definition) is 2. The van der Waals surface area contributed by atoms with Gasteiger partial charge in [0.2, 0.25) is 0 Å². The van der Waals surface area contributed by atoms with Crippen LogP contribution in [0.2, 0.25) is 0 Å². The Labute approximate surface area is 155 Å². The summed E-state index contributed by atoms with van der Waals surface area (Å²) in [5.41, 5.74) is 4.57. The van der Waals surface area contributed by atoms with Crippen LogP contribution in [0.3, 0.4) is 0 Å². The quantitative estimate of drug-likeness (QED) is 0.467.